The molecule has 0 saturated heterocycles. The average molecular weight is 357 g/mol. The van der Waals surface area contributed by atoms with Crippen LogP contribution in [0.25, 0.3) is 0 Å². The summed E-state index contributed by atoms with van der Waals surface area (Å²) < 4.78 is 15.6. The number of hydrogen-bond acceptors (Lipinski definition) is 7. The molecule has 0 N–H and O–H groups in total. The fourth-order valence-electron chi connectivity index (χ4n) is 2.16. The van der Waals surface area contributed by atoms with Crippen molar-refractivity contribution in [2.24, 2.45) is 0 Å². The van der Waals surface area contributed by atoms with Gasteiger partial charge in [0, 0.05) is 12.7 Å². The van der Waals surface area contributed by atoms with Gasteiger partial charge in [-0.3, -0.25) is 4.79 Å². The van der Waals surface area contributed by atoms with Gasteiger partial charge in [-0.15, -0.1) is 0 Å². The predicted octanol–water partition coefficient (Wildman–Crippen LogP) is 2.17. The first-order valence-electron chi connectivity index (χ1n) is 8.07. The third-order valence-corrected chi connectivity index (χ3v) is 3.37. The molecule has 2 aromatic rings. The summed E-state index contributed by atoms with van der Waals surface area (Å²) in [5, 5.41) is 8.75. The maximum absolute atomic E-state index is 12.4. The van der Waals surface area contributed by atoms with Gasteiger partial charge in [-0.2, -0.15) is 5.26 Å². The normalized spacial score (nSPS) is 10.0. The first-order chi connectivity index (χ1) is 12.7. The molecular formula is C18H19N3O5. The van der Waals surface area contributed by atoms with Crippen LogP contribution in [0.1, 0.15) is 29.5 Å². The molecule has 26 heavy (non-hydrogen) atoms. The summed E-state index contributed by atoms with van der Waals surface area (Å²) >= 11 is 0. The van der Waals surface area contributed by atoms with Crippen LogP contribution in [0.4, 0.5) is 0 Å². The Kier molecular flexibility index (Phi) is 7.18. The number of rotatable bonds is 9. The molecule has 2 aromatic heterocycles. The maximum atomic E-state index is 12.4. The highest BCUT2D eigenvalue weighted by molar-refractivity contribution is 5.93. The Balaban J connectivity index is 1.98. The SMILES string of the molecule is CCOc1ncccc1C(=O)OCC(=O)N(CCC#N)Cc1ccco1. The van der Waals surface area contributed by atoms with Crippen molar-refractivity contribution in [2.75, 3.05) is 19.8 Å². The van der Waals surface area contributed by atoms with E-state index in [0.717, 1.165) is 0 Å². The summed E-state index contributed by atoms with van der Waals surface area (Å²) in [6, 6.07) is 8.52. The van der Waals surface area contributed by atoms with Crippen LogP contribution in [0.5, 0.6) is 5.88 Å². The van der Waals surface area contributed by atoms with E-state index in [1.807, 2.05) is 6.07 Å². The van der Waals surface area contributed by atoms with E-state index in [-0.39, 0.29) is 31.0 Å². The monoisotopic (exact) mass is 357 g/mol. The van der Waals surface area contributed by atoms with Crippen LogP contribution in [0, 0.1) is 11.3 Å². The molecule has 0 unspecified atom stereocenters. The third-order valence-electron chi connectivity index (χ3n) is 3.37. The van der Waals surface area contributed by atoms with Crippen molar-refractivity contribution in [1.29, 1.82) is 5.26 Å². The summed E-state index contributed by atoms with van der Waals surface area (Å²) in [6.07, 6.45) is 3.16. The van der Waals surface area contributed by atoms with E-state index in [1.54, 1.807) is 25.1 Å². The molecular weight excluding hydrogens is 338 g/mol. The average Bonchev–Trinajstić information content (AvgIpc) is 3.16. The third kappa shape index (κ3) is 5.34. The number of pyridine rings is 1. The largest absolute Gasteiger partial charge is 0.477 e. The number of nitrogens with zero attached hydrogens (tertiary/aromatic N) is 3. The van der Waals surface area contributed by atoms with Gasteiger partial charge in [0.2, 0.25) is 5.88 Å². The van der Waals surface area contributed by atoms with Crippen LogP contribution in [0.3, 0.4) is 0 Å². The summed E-state index contributed by atoms with van der Waals surface area (Å²) in [6.45, 7) is 2.08. The number of nitriles is 1. The van der Waals surface area contributed by atoms with Gasteiger partial charge in [-0.1, -0.05) is 0 Å². The second kappa shape index (κ2) is 9.84. The molecule has 1 amide bonds. The molecule has 0 aliphatic carbocycles. The number of furan rings is 1. The molecule has 0 saturated carbocycles. The van der Waals surface area contributed by atoms with E-state index < -0.39 is 18.5 Å². The van der Waals surface area contributed by atoms with Crippen LogP contribution in [0.15, 0.2) is 41.1 Å². The Morgan fingerprint density at radius 1 is 1.35 bits per heavy atom. The van der Waals surface area contributed by atoms with Crippen molar-refractivity contribution < 1.29 is 23.5 Å². The molecule has 8 heteroatoms. The zero-order valence-corrected chi connectivity index (χ0v) is 14.4. The van der Waals surface area contributed by atoms with E-state index in [2.05, 4.69) is 4.98 Å². The Hall–Kier alpha value is -3.34. The zero-order valence-electron chi connectivity index (χ0n) is 14.4. The molecule has 2 rings (SSSR count). The number of aromatic nitrogens is 1. The number of carbonyl (C=O) groups is 2. The molecule has 0 aromatic carbocycles. The Morgan fingerprint density at radius 3 is 2.88 bits per heavy atom. The second-order valence-corrected chi connectivity index (χ2v) is 5.17. The smallest absolute Gasteiger partial charge is 0.344 e. The van der Waals surface area contributed by atoms with Crippen molar-refractivity contribution in [2.45, 2.75) is 19.9 Å². The molecule has 8 nitrogen and oxygen atoms in total. The fraction of sp³-hybridized carbons (Fsp3) is 0.333. The Morgan fingerprint density at radius 2 is 2.19 bits per heavy atom. The van der Waals surface area contributed by atoms with E-state index >= 15 is 0 Å². The number of carbonyl (C=O) groups excluding carboxylic acids is 2. The van der Waals surface area contributed by atoms with E-state index in [1.165, 1.54) is 23.4 Å². The molecule has 0 radical (unpaired) electrons. The fourth-order valence-corrected chi connectivity index (χ4v) is 2.16. The first-order valence-corrected chi connectivity index (χ1v) is 8.07. The lowest BCUT2D eigenvalue weighted by Crippen LogP contribution is -2.35. The van der Waals surface area contributed by atoms with Crippen molar-refractivity contribution in [3.05, 3.63) is 48.0 Å². The topological polar surface area (TPSA) is 106 Å². The van der Waals surface area contributed by atoms with E-state index in [9.17, 15) is 9.59 Å². The lowest BCUT2D eigenvalue weighted by Gasteiger charge is -2.20. The van der Waals surface area contributed by atoms with Gasteiger partial charge in [-0.25, -0.2) is 9.78 Å². The van der Waals surface area contributed by atoms with Crippen molar-refractivity contribution in [3.8, 4) is 11.9 Å². The van der Waals surface area contributed by atoms with Crippen LogP contribution in [-0.4, -0.2) is 41.5 Å². The number of ether oxygens (including phenoxy) is 2. The summed E-state index contributed by atoms with van der Waals surface area (Å²) in [7, 11) is 0. The van der Waals surface area contributed by atoms with Gasteiger partial charge in [0.1, 0.15) is 11.3 Å². The van der Waals surface area contributed by atoms with Gasteiger partial charge in [-0.05, 0) is 31.2 Å². The second-order valence-electron chi connectivity index (χ2n) is 5.17. The van der Waals surface area contributed by atoms with Crippen LogP contribution in [0.2, 0.25) is 0 Å². The van der Waals surface area contributed by atoms with Gasteiger partial charge in [0.25, 0.3) is 5.91 Å². The molecule has 0 bridgehead atoms. The lowest BCUT2D eigenvalue weighted by atomic mass is 10.3. The van der Waals surface area contributed by atoms with Crippen molar-refractivity contribution >= 4 is 11.9 Å². The highest BCUT2D eigenvalue weighted by Crippen LogP contribution is 2.15. The minimum absolute atomic E-state index is 0.150. The summed E-state index contributed by atoms with van der Waals surface area (Å²) in [5.74, 6) is -0.391. The minimum Gasteiger partial charge on any atom is -0.477 e. The number of esters is 1. The highest BCUT2D eigenvalue weighted by atomic mass is 16.5. The maximum Gasteiger partial charge on any atom is 0.344 e. The lowest BCUT2D eigenvalue weighted by molar-refractivity contribution is -0.135. The number of amides is 1. The molecule has 0 spiro atoms. The van der Waals surface area contributed by atoms with Crippen LogP contribution >= 0.6 is 0 Å². The molecule has 0 fully saturated rings. The number of hydrogen-bond donors (Lipinski definition) is 0. The first kappa shape index (κ1) is 19.0. The summed E-state index contributed by atoms with van der Waals surface area (Å²) in [5.41, 5.74) is 0.150. The van der Waals surface area contributed by atoms with Crippen LogP contribution in [-0.2, 0) is 16.1 Å². The Labute approximate surface area is 150 Å². The predicted molar refractivity (Wildman–Crippen MR) is 90.0 cm³/mol. The van der Waals surface area contributed by atoms with Crippen molar-refractivity contribution in [1.82, 2.24) is 9.88 Å². The zero-order chi connectivity index (χ0) is 18.8. The van der Waals surface area contributed by atoms with Gasteiger partial charge in [0.05, 0.1) is 31.9 Å². The van der Waals surface area contributed by atoms with Gasteiger partial charge >= 0.3 is 5.97 Å². The van der Waals surface area contributed by atoms with Crippen LogP contribution < -0.4 is 4.74 Å². The van der Waals surface area contributed by atoms with Gasteiger partial charge in [0.15, 0.2) is 6.61 Å². The standard InChI is InChI=1S/C18H19N3O5/c1-2-24-17-15(7-3-9-20-17)18(23)26-13-16(22)21(10-5-8-19)12-14-6-4-11-25-14/h3-4,6-7,9,11H,2,5,10,12-13H2,1H3. The molecule has 2 heterocycles. The minimum atomic E-state index is -0.701. The molecule has 136 valence electrons. The molecule has 0 atom stereocenters. The Bertz CT molecular complexity index is 767. The van der Waals surface area contributed by atoms with Gasteiger partial charge < -0.3 is 18.8 Å². The summed E-state index contributed by atoms with van der Waals surface area (Å²) in [4.78, 5) is 30.0. The molecule has 0 aliphatic heterocycles. The van der Waals surface area contributed by atoms with E-state index in [4.69, 9.17) is 19.2 Å². The highest BCUT2D eigenvalue weighted by Gasteiger charge is 2.20. The quantitative estimate of drug-likeness (QED) is 0.633. The molecule has 0 aliphatic rings. The van der Waals surface area contributed by atoms with Crippen molar-refractivity contribution in [3.63, 3.8) is 0 Å². The van der Waals surface area contributed by atoms with E-state index in [0.29, 0.717) is 12.4 Å².